The van der Waals surface area contributed by atoms with Gasteiger partial charge in [-0.25, -0.2) is 0 Å². The second-order valence-electron chi connectivity index (χ2n) is 4.09. The van der Waals surface area contributed by atoms with Crippen LogP contribution in [0.1, 0.15) is 5.56 Å². The van der Waals surface area contributed by atoms with Gasteiger partial charge in [-0.3, -0.25) is 4.18 Å². The van der Waals surface area contributed by atoms with Crippen LogP contribution >= 0.6 is 0 Å². The molecule has 1 unspecified atom stereocenters. The van der Waals surface area contributed by atoms with Crippen molar-refractivity contribution < 1.29 is 12.6 Å². The van der Waals surface area contributed by atoms with Crippen LogP contribution in [0.5, 0.6) is 0 Å². The minimum Gasteiger partial charge on any atom is -0.314 e. The summed E-state index contributed by atoms with van der Waals surface area (Å²) >= 11 is 0. The van der Waals surface area contributed by atoms with Gasteiger partial charge in [-0.1, -0.05) is 36.4 Å². The van der Waals surface area contributed by atoms with Crippen LogP contribution in [-0.2, 0) is 20.7 Å². The summed E-state index contributed by atoms with van der Waals surface area (Å²) in [5, 5.41) is 3.06. The lowest BCUT2D eigenvalue weighted by molar-refractivity contribution is 0.209. The molecule has 0 saturated heterocycles. The van der Waals surface area contributed by atoms with E-state index in [1.807, 2.05) is 30.3 Å². The van der Waals surface area contributed by atoms with Crippen molar-refractivity contribution in [1.82, 2.24) is 5.32 Å². The molecule has 0 aromatic heterocycles. The summed E-state index contributed by atoms with van der Waals surface area (Å²) in [6.07, 6.45) is 2.64. The minimum absolute atomic E-state index is 0.139. The monoisotopic (exact) mass is 269 g/mol. The summed E-state index contributed by atoms with van der Waals surface area (Å²) in [5.74, 6) is 0. The zero-order chi connectivity index (χ0) is 13.6. The highest BCUT2D eigenvalue weighted by atomic mass is 32.2. The fourth-order valence-corrected chi connectivity index (χ4v) is 2.34. The predicted molar refractivity (Wildman–Crippen MR) is 72.9 cm³/mol. The van der Waals surface area contributed by atoms with Crippen LogP contribution in [0.4, 0.5) is 0 Å². The van der Waals surface area contributed by atoms with Crippen molar-refractivity contribution in [3.8, 4) is 0 Å². The molecular formula is C13H19NO3S. The van der Waals surface area contributed by atoms with Crippen LogP contribution < -0.4 is 5.32 Å². The van der Waals surface area contributed by atoms with Crippen LogP contribution in [0, 0.1) is 0 Å². The van der Waals surface area contributed by atoms with Gasteiger partial charge in [0.1, 0.15) is 6.10 Å². The molecular weight excluding hydrogens is 250 g/mol. The number of nitrogens with one attached hydrogen (secondary N) is 1. The number of hydrogen-bond donors (Lipinski definition) is 1. The molecule has 0 fully saturated rings. The van der Waals surface area contributed by atoms with Crippen LogP contribution in [0.15, 0.2) is 43.0 Å². The van der Waals surface area contributed by atoms with Gasteiger partial charge in [-0.2, -0.15) is 8.42 Å². The van der Waals surface area contributed by atoms with Crippen LogP contribution in [0.3, 0.4) is 0 Å². The van der Waals surface area contributed by atoms with Gasteiger partial charge >= 0.3 is 0 Å². The van der Waals surface area contributed by atoms with Gasteiger partial charge < -0.3 is 5.32 Å². The van der Waals surface area contributed by atoms with Crippen LogP contribution in [0.2, 0.25) is 0 Å². The topological polar surface area (TPSA) is 55.4 Å². The van der Waals surface area contributed by atoms with E-state index < -0.39 is 16.2 Å². The smallest absolute Gasteiger partial charge is 0.265 e. The highest BCUT2D eigenvalue weighted by molar-refractivity contribution is 7.86. The molecule has 5 heteroatoms. The molecule has 0 aliphatic rings. The maximum Gasteiger partial charge on any atom is 0.265 e. The molecule has 0 heterocycles. The molecule has 4 nitrogen and oxygen atoms in total. The predicted octanol–water partition coefficient (Wildman–Crippen LogP) is 1.35. The molecule has 1 aromatic rings. The average molecular weight is 269 g/mol. The Labute approximate surface area is 109 Å². The lowest BCUT2D eigenvalue weighted by Crippen LogP contribution is -2.40. The Hall–Kier alpha value is -1.17. The molecule has 1 N–H and O–H groups in total. The maximum atomic E-state index is 11.2. The molecule has 0 radical (unpaired) electrons. The molecule has 0 saturated carbocycles. The quantitative estimate of drug-likeness (QED) is 0.599. The molecule has 0 aliphatic carbocycles. The zero-order valence-corrected chi connectivity index (χ0v) is 11.5. The molecule has 18 heavy (non-hydrogen) atoms. The molecule has 1 rings (SSSR count). The summed E-state index contributed by atoms with van der Waals surface area (Å²) < 4.78 is 27.4. The maximum absolute atomic E-state index is 11.2. The number of benzene rings is 1. The first-order valence-corrected chi connectivity index (χ1v) is 7.50. The first-order valence-electron chi connectivity index (χ1n) is 5.68. The molecule has 1 aromatic carbocycles. The minimum atomic E-state index is -3.49. The van der Waals surface area contributed by atoms with Crippen molar-refractivity contribution >= 4 is 10.1 Å². The van der Waals surface area contributed by atoms with Crippen molar-refractivity contribution in [1.29, 1.82) is 0 Å². The van der Waals surface area contributed by atoms with Gasteiger partial charge in [0.05, 0.1) is 6.26 Å². The Morgan fingerprint density at radius 2 is 2.00 bits per heavy atom. The summed E-state index contributed by atoms with van der Waals surface area (Å²) in [4.78, 5) is 0. The van der Waals surface area contributed by atoms with E-state index in [-0.39, 0.29) is 6.04 Å². The van der Waals surface area contributed by atoms with Gasteiger partial charge in [-0.05, 0) is 19.0 Å². The Kier molecular flexibility index (Phi) is 5.53. The molecule has 0 amide bonds. The summed E-state index contributed by atoms with van der Waals surface area (Å²) in [7, 11) is -1.72. The third kappa shape index (κ3) is 5.00. The summed E-state index contributed by atoms with van der Waals surface area (Å²) in [6, 6.07) is 9.68. The zero-order valence-electron chi connectivity index (χ0n) is 10.7. The lowest BCUT2D eigenvalue weighted by Gasteiger charge is -2.23. The average Bonchev–Trinajstić information content (AvgIpc) is 2.33. The molecule has 0 spiro atoms. The number of hydrogen-bond acceptors (Lipinski definition) is 4. The third-order valence-corrected chi connectivity index (χ3v) is 3.16. The molecule has 2 atom stereocenters. The van der Waals surface area contributed by atoms with Crippen LogP contribution in [0.25, 0.3) is 0 Å². The Balaban J connectivity index is 2.78. The lowest BCUT2D eigenvalue weighted by atomic mass is 10.0. The van der Waals surface area contributed by atoms with Gasteiger partial charge in [0.15, 0.2) is 0 Å². The van der Waals surface area contributed by atoms with Crippen LogP contribution in [-0.4, -0.2) is 33.9 Å². The first kappa shape index (κ1) is 14.9. The summed E-state index contributed by atoms with van der Waals surface area (Å²) in [6.45, 7) is 3.63. The van der Waals surface area contributed by atoms with Crippen molar-refractivity contribution in [2.45, 2.75) is 18.6 Å². The second kappa shape index (κ2) is 6.68. The van der Waals surface area contributed by atoms with Gasteiger partial charge in [0.25, 0.3) is 10.1 Å². The fraction of sp³-hybridized carbons (Fsp3) is 0.385. The molecule has 0 bridgehead atoms. The summed E-state index contributed by atoms with van der Waals surface area (Å²) in [5.41, 5.74) is 1.11. The van der Waals surface area contributed by atoms with Crippen molar-refractivity contribution in [2.75, 3.05) is 13.3 Å². The van der Waals surface area contributed by atoms with Crippen molar-refractivity contribution in [2.24, 2.45) is 0 Å². The van der Waals surface area contributed by atoms with E-state index >= 15 is 0 Å². The highest BCUT2D eigenvalue weighted by Crippen LogP contribution is 2.11. The van der Waals surface area contributed by atoms with Crippen molar-refractivity contribution in [3.05, 3.63) is 48.6 Å². The van der Waals surface area contributed by atoms with E-state index in [9.17, 15) is 8.42 Å². The fourth-order valence-electron chi connectivity index (χ4n) is 1.72. The third-order valence-electron chi connectivity index (χ3n) is 2.58. The van der Waals surface area contributed by atoms with E-state index in [0.717, 1.165) is 11.8 Å². The Morgan fingerprint density at radius 3 is 2.44 bits per heavy atom. The van der Waals surface area contributed by atoms with Crippen molar-refractivity contribution in [3.63, 3.8) is 0 Å². The van der Waals surface area contributed by atoms with Gasteiger partial charge in [0.2, 0.25) is 0 Å². The largest absolute Gasteiger partial charge is 0.314 e. The van der Waals surface area contributed by atoms with Gasteiger partial charge in [-0.15, -0.1) is 6.58 Å². The van der Waals surface area contributed by atoms with E-state index in [0.29, 0.717) is 6.42 Å². The standard InChI is InChI=1S/C13H19NO3S/c1-4-13(17-18(3,15)16)12(14-2)10-11-8-6-5-7-9-11/h4-9,12-14H,1,10H2,2-3H3/t12-,13?/m1/s1. The molecule has 100 valence electrons. The van der Waals surface area contributed by atoms with E-state index in [1.54, 1.807) is 7.05 Å². The second-order valence-corrected chi connectivity index (χ2v) is 5.69. The number of likely N-dealkylation sites (N-methyl/N-ethyl adjacent to an activating group) is 1. The normalized spacial score (nSPS) is 15.0. The van der Waals surface area contributed by atoms with E-state index in [4.69, 9.17) is 4.18 Å². The SMILES string of the molecule is C=CC(OS(C)(=O)=O)[C@@H](Cc1ccccc1)NC. The Bertz CT molecular complexity index is 470. The van der Waals surface area contributed by atoms with E-state index in [2.05, 4.69) is 11.9 Å². The first-order chi connectivity index (χ1) is 8.46. The Morgan fingerprint density at radius 1 is 1.39 bits per heavy atom. The number of rotatable bonds is 7. The highest BCUT2D eigenvalue weighted by Gasteiger charge is 2.22. The van der Waals surface area contributed by atoms with Gasteiger partial charge in [0, 0.05) is 6.04 Å². The molecule has 0 aliphatic heterocycles. The van der Waals surface area contributed by atoms with E-state index in [1.165, 1.54) is 6.08 Å².